The number of aryl methyl sites for hydroxylation is 2. The quantitative estimate of drug-likeness (QED) is 0.700. The molecule has 2 heterocycles. The van der Waals surface area contributed by atoms with E-state index in [0.29, 0.717) is 6.61 Å². The summed E-state index contributed by atoms with van der Waals surface area (Å²) in [5.74, 6) is 2.24. The predicted molar refractivity (Wildman–Crippen MR) is 82.7 cm³/mol. The Hall–Kier alpha value is -2.56. The first-order chi connectivity index (χ1) is 10.7. The fraction of sp³-hybridized carbons (Fsp3) is 0.294. The van der Waals surface area contributed by atoms with Gasteiger partial charge in [0.05, 0.1) is 24.6 Å². The molecule has 5 nitrogen and oxygen atoms in total. The van der Waals surface area contributed by atoms with Crippen LogP contribution in [0.5, 0.6) is 5.75 Å². The first-order valence-electron chi connectivity index (χ1n) is 7.39. The van der Waals surface area contributed by atoms with Crippen LogP contribution in [0.3, 0.4) is 0 Å². The van der Waals surface area contributed by atoms with Crippen LogP contribution < -0.4 is 4.74 Å². The van der Waals surface area contributed by atoms with Gasteiger partial charge in [-0.2, -0.15) is 5.10 Å². The first kappa shape index (κ1) is 14.4. The van der Waals surface area contributed by atoms with E-state index in [1.807, 2.05) is 42.9 Å². The summed E-state index contributed by atoms with van der Waals surface area (Å²) in [4.78, 5) is 4.33. The third-order valence-electron chi connectivity index (χ3n) is 3.41. The molecule has 0 bridgehead atoms. The van der Waals surface area contributed by atoms with E-state index in [1.165, 1.54) is 5.56 Å². The standard InChI is InChI=1S/C17H19N3O2/c1-3-17-19-13(2)16(22-17)12-21-15-9-18-20(11-15)10-14-7-5-4-6-8-14/h4-9,11H,3,10,12H2,1-2H3. The third kappa shape index (κ3) is 3.36. The van der Waals surface area contributed by atoms with E-state index in [-0.39, 0.29) is 0 Å². The van der Waals surface area contributed by atoms with Crippen molar-refractivity contribution in [1.82, 2.24) is 14.8 Å². The van der Waals surface area contributed by atoms with Crippen LogP contribution in [0.2, 0.25) is 0 Å². The van der Waals surface area contributed by atoms with Gasteiger partial charge in [-0.3, -0.25) is 4.68 Å². The highest BCUT2D eigenvalue weighted by Gasteiger charge is 2.09. The molecule has 22 heavy (non-hydrogen) atoms. The number of hydrogen-bond acceptors (Lipinski definition) is 4. The van der Waals surface area contributed by atoms with Crippen molar-refractivity contribution in [3.63, 3.8) is 0 Å². The molecule has 2 aromatic heterocycles. The summed E-state index contributed by atoms with van der Waals surface area (Å²) in [7, 11) is 0. The number of oxazole rings is 1. The van der Waals surface area contributed by atoms with Gasteiger partial charge in [-0.25, -0.2) is 4.98 Å². The lowest BCUT2D eigenvalue weighted by atomic mass is 10.2. The van der Waals surface area contributed by atoms with Crippen molar-refractivity contribution in [2.24, 2.45) is 0 Å². The molecule has 0 aliphatic carbocycles. The molecule has 0 aliphatic rings. The fourth-order valence-corrected chi connectivity index (χ4v) is 2.20. The molecule has 0 fully saturated rings. The minimum absolute atomic E-state index is 0.371. The summed E-state index contributed by atoms with van der Waals surface area (Å²) in [6.45, 7) is 5.05. The van der Waals surface area contributed by atoms with Crippen molar-refractivity contribution in [2.45, 2.75) is 33.4 Å². The molecule has 0 unspecified atom stereocenters. The molecule has 0 spiro atoms. The molecular formula is C17H19N3O2. The Labute approximate surface area is 129 Å². The second-order valence-corrected chi connectivity index (χ2v) is 5.12. The molecule has 0 atom stereocenters. The Bertz CT molecular complexity index is 731. The predicted octanol–water partition coefficient (Wildman–Crippen LogP) is 3.37. The molecule has 0 N–H and O–H groups in total. The Morgan fingerprint density at radius 2 is 2.05 bits per heavy atom. The molecule has 0 aliphatic heterocycles. The second-order valence-electron chi connectivity index (χ2n) is 5.12. The fourth-order valence-electron chi connectivity index (χ4n) is 2.20. The van der Waals surface area contributed by atoms with Gasteiger partial charge in [-0.1, -0.05) is 37.3 Å². The molecule has 114 valence electrons. The van der Waals surface area contributed by atoms with Gasteiger partial charge < -0.3 is 9.15 Å². The van der Waals surface area contributed by atoms with Crippen molar-refractivity contribution in [3.8, 4) is 5.75 Å². The van der Waals surface area contributed by atoms with Crippen molar-refractivity contribution >= 4 is 0 Å². The van der Waals surface area contributed by atoms with Crippen LogP contribution in [0.1, 0.15) is 29.8 Å². The van der Waals surface area contributed by atoms with Crippen LogP contribution in [0.15, 0.2) is 47.1 Å². The van der Waals surface area contributed by atoms with E-state index in [2.05, 4.69) is 22.2 Å². The van der Waals surface area contributed by atoms with Crippen LogP contribution in [0, 0.1) is 6.92 Å². The SMILES string of the molecule is CCc1nc(C)c(COc2cnn(Cc3ccccc3)c2)o1. The topological polar surface area (TPSA) is 53.1 Å². The van der Waals surface area contributed by atoms with Gasteiger partial charge in [0.15, 0.2) is 17.4 Å². The van der Waals surface area contributed by atoms with Crippen LogP contribution in [0.4, 0.5) is 0 Å². The van der Waals surface area contributed by atoms with Crippen LogP contribution in [-0.4, -0.2) is 14.8 Å². The summed E-state index contributed by atoms with van der Waals surface area (Å²) in [6.07, 6.45) is 4.39. The van der Waals surface area contributed by atoms with Gasteiger partial charge >= 0.3 is 0 Å². The molecule has 3 aromatic rings. The lowest BCUT2D eigenvalue weighted by molar-refractivity contribution is 0.264. The zero-order valence-corrected chi connectivity index (χ0v) is 12.8. The Morgan fingerprint density at radius 3 is 2.77 bits per heavy atom. The smallest absolute Gasteiger partial charge is 0.194 e. The second kappa shape index (κ2) is 6.47. The van der Waals surface area contributed by atoms with Crippen molar-refractivity contribution in [3.05, 3.63) is 65.6 Å². The molecule has 0 amide bonds. The molecule has 1 aromatic carbocycles. The molecule has 0 radical (unpaired) electrons. The van der Waals surface area contributed by atoms with Crippen molar-refractivity contribution in [1.29, 1.82) is 0 Å². The van der Waals surface area contributed by atoms with Gasteiger partial charge in [0.2, 0.25) is 0 Å². The number of aromatic nitrogens is 3. The van der Waals surface area contributed by atoms with E-state index in [0.717, 1.165) is 36.1 Å². The zero-order chi connectivity index (χ0) is 15.4. The number of rotatable bonds is 6. The normalized spacial score (nSPS) is 10.8. The van der Waals surface area contributed by atoms with Crippen molar-refractivity contribution < 1.29 is 9.15 Å². The Kier molecular flexibility index (Phi) is 4.23. The lowest BCUT2D eigenvalue weighted by Gasteiger charge is -2.02. The zero-order valence-electron chi connectivity index (χ0n) is 12.8. The molecule has 0 saturated carbocycles. The summed E-state index contributed by atoms with van der Waals surface area (Å²) in [5, 5.41) is 4.31. The van der Waals surface area contributed by atoms with E-state index >= 15 is 0 Å². The van der Waals surface area contributed by atoms with Crippen molar-refractivity contribution in [2.75, 3.05) is 0 Å². The summed E-state index contributed by atoms with van der Waals surface area (Å²) in [6, 6.07) is 10.2. The molecule has 5 heteroatoms. The Morgan fingerprint density at radius 1 is 1.23 bits per heavy atom. The Balaban J connectivity index is 1.61. The average Bonchev–Trinajstić information content (AvgIpc) is 3.12. The van der Waals surface area contributed by atoms with Crippen LogP contribution in [0.25, 0.3) is 0 Å². The number of nitrogens with zero attached hydrogens (tertiary/aromatic N) is 3. The molecule has 0 saturated heterocycles. The number of hydrogen-bond donors (Lipinski definition) is 0. The maximum Gasteiger partial charge on any atom is 0.194 e. The number of ether oxygens (including phenoxy) is 1. The lowest BCUT2D eigenvalue weighted by Crippen LogP contribution is -1.99. The van der Waals surface area contributed by atoms with E-state index in [1.54, 1.807) is 6.20 Å². The van der Waals surface area contributed by atoms with E-state index in [9.17, 15) is 0 Å². The summed E-state index contributed by atoms with van der Waals surface area (Å²) < 4.78 is 13.2. The van der Waals surface area contributed by atoms with Gasteiger partial charge in [0, 0.05) is 6.42 Å². The van der Waals surface area contributed by atoms with Gasteiger partial charge in [-0.15, -0.1) is 0 Å². The third-order valence-corrected chi connectivity index (χ3v) is 3.41. The van der Waals surface area contributed by atoms with Crippen LogP contribution in [-0.2, 0) is 19.6 Å². The molecule has 3 rings (SSSR count). The monoisotopic (exact) mass is 297 g/mol. The summed E-state index contributed by atoms with van der Waals surface area (Å²) in [5.41, 5.74) is 2.09. The highest BCUT2D eigenvalue weighted by Crippen LogP contribution is 2.16. The minimum atomic E-state index is 0.371. The number of benzene rings is 1. The maximum atomic E-state index is 5.73. The first-order valence-corrected chi connectivity index (χ1v) is 7.39. The minimum Gasteiger partial charge on any atom is -0.482 e. The van der Waals surface area contributed by atoms with Crippen LogP contribution >= 0.6 is 0 Å². The average molecular weight is 297 g/mol. The molecular weight excluding hydrogens is 278 g/mol. The van der Waals surface area contributed by atoms with E-state index < -0.39 is 0 Å². The van der Waals surface area contributed by atoms with Gasteiger partial charge in [-0.05, 0) is 12.5 Å². The largest absolute Gasteiger partial charge is 0.482 e. The summed E-state index contributed by atoms with van der Waals surface area (Å²) >= 11 is 0. The van der Waals surface area contributed by atoms with Gasteiger partial charge in [0.25, 0.3) is 0 Å². The van der Waals surface area contributed by atoms with E-state index in [4.69, 9.17) is 9.15 Å². The highest BCUT2D eigenvalue weighted by molar-refractivity contribution is 5.18. The maximum absolute atomic E-state index is 5.73. The highest BCUT2D eigenvalue weighted by atomic mass is 16.5. The van der Waals surface area contributed by atoms with Gasteiger partial charge in [0.1, 0.15) is 6.61 Å².